The molecule has 0 aliphatic carbocycles. The minimum absolute atomic E-state index is 0.115. The molecule has 0 radical (unpaired) electrons. The van der Waals surface area contributed by atoms with E-state index in [4.69, 9.17) is 4.74 Å². The van der Waals surface area contributed by atoms with Crippen LogP contribution in [0.5, 0.6) is 0 Å². The predicted molar refractivity (Wildman–Crippen MR) is 96.2 cm³/mol. The average Bonchev–Trinajstić information content (AvgIpc) is 3.01. The number of carbonyl (C=O) groups excluding carboxylic acids is 1. The van der Waals surface area contributed by atoms with Crippen LogP contribution in [0.25, 0.3) is 0 Å². The van der Waals surface area contributed by atoms with E-state index in [0.29, 0.717) is 24.5 Å². The molecule has 25 heavy (non-hydrogen) atoms. The Labute approximate surface area is 150 Å². The Morgan fingerprint density at radius 2 is 2.04 bits per heavy atom. The third kappa shape index (κ3) is 4.60. The van der Waals surface area contributed by atoms with Crippen molar-refractivity contribution >= 4 is 5.91 Å². The van der Waals surface area contributed by atoms with E-state index in [9.17, 15) is 4.79 Å². The van der Waals surface area contributed by atoms with Crippen LogP contribution in [0.2, 0.25) is 0 Å². The molecule has 6 nitrogen and oxygen atoms in total. The zero-order valence-corrected chi connectivity index (χ0v) is 16.1. The maximum Gasteiger partial charge on any atom is 0.225 e. The van der Waals surface area contributed by atoms with Crippen molar-refractivity contribution in [2.75, 3.05) is 19.7 Å². The number of amides is 1. The Balaban J connectivity index is 1.53. The van der Waals surface area contributed by atoms with Gasteiger partial charge in [0.05, 0.1) is 17.3 Å². The first kappa shape index (κ1) is 18.4. The van der Waals surface area contributed by atoms with Gasteiger partial charge in [0.1, 0.15) is 0 Å². The van der Waals surface area contributed by atoms with Gasteiger partial charge >= 0.3 is 0 Å². The highest BCUT2D eigenvalue weighted by Crippen LogP contribution is 2.31. The monoisotopic (exact) mass is 348 g/mol. The zero-order chi connectivity index (χ0) is 18.0. The van der Waals surface area contributed by atoms with Crippen molar-refractivity contribution in [1.29, 1.82) is 0 Å². The van der Waals surface area contributed by atoms with Crippen LogP contribution in [0.4, 0.5) is 0 Å². The molecule has 2 fully saturated rings. The fraction of sp³-hybridized carbons (Fsp3) is 0.842. The van der Waals surface area contributed by atoms with Crippen molar-refractivity contribution in [3.63, 3.8) is 0 Å². The minimum Gasteiger partial charge on any atom is -0.376 e. The molecule has 0 unspecified atom stereocenters. The zero-order valence-electron chi connectivity index (χ0n) is 16.1. The standard InChI is InChI=1S/C19H32N4O2/c1-14(2)11-16-13-23(21-20-16)17-5-8-22(9-6-17)18(24)15-7-10-25-19(3,4)12-15/h13-15,17H,5-12H2,1-4H3/t15-/m1/s1. The van der Waals surface area contributed by atoms with Gasteiger partial charge in [-0.1, -0.05) is 19.1 Å². The number of likely N-dealkylation sites (tertiary alicyclic amines) is 1. The van der Waals surface area contributed by atoms with Crippen LogP contribution in [0.3, 0.4) is 0 Å². The summed E-state index contributed by atoms with van der Waals surface area (Å²) in [4.78, 5) is 14.9. The van der Waals surface area contributed by atoms with E-state index < -0.39 is 0 Å². The number of nitrogens with zero attached hydrogens (tertiary/aromatic N) is 4. The third-order valence-corrected chi connectivity index (χ3v) is 5.37. The maximum absolute atomic E-state index is 12.8. The summed E-state index contributed by atoms with van der Waals surface area (Å²) in [7, 11) is 0. The number of rotatable bonds is 4. The van der Waals surface area contributed by atoms with E-state index in [1.165, 1.54) is 0 Å². The normalized spacial score (nSPS) is 24.7. The first-order chi connectivity index (χ1) is 11.8. The van der Waals surface area contributed by atoms with Crippen LogP contribution >= 0.6 is 0 Å². The Hall–Kier alpha value is -1.43. The molecular weight excluding hydrogens is 316 g/mol. The molecule has 3 heterocycles. The molecule has 2 aliphatic heterocycles. The van der Waals surface area contributed by atoms with Crippen LogP contribution in [0.1, 0.15) is 65.1 Å². The number of ether oxygens (including phenoxy) is 1. The highest BCUT2D eigenvalue weighted by Gasteiger charge is 2.36. The second-order valence-electron chi connectivity index (χ2n) is 8.64. The lowest BCUT2D eigenvalue weighted by atomic mass is 9.87. The van der Waals surface area contributed by atoms with Crippen LogP contribution in [-0.4, -0.2) is 51.1 Å². The largest absolute Gasteiger partial charge is 0.376 e. The van der Waals surface area contributed by atoms with E-state index in [0.717, 1.165) is 50.9 Å². The van der Waals surface area contributed by atoms with E-state index in [2.05, 4.69) is 49.1 Å². The molecule has 1 aromatic heterocycles. The second-order valence-corrected chi connectivity index (χ2v) is 8.64. The lowest BCUT2D eigenvalue weighted by Crippen LogP contribution is -2.46. The van der Waals surface area contributed by atoms with Gasteiger partial charge in [-0.05, 0) is 51.9 Å². The minimum atomic E-state index is -0.176. The molecule has 0 aromatic carbocycles. The van der Waals surface area contributed by atoms with E-state index in [-0.39, 0.29) is 11.5 Å². The van der Waals surface area contributed by atoms with Gasteiger partial charge in [0.2, 0.25) is 5.91 Å². The lowest BCUT2D eigenvalue weighted by molar-refractivity contribution is -0.146. The summed E-state index contributed by atoms with van der Waals surface area (Å²) >= 11 is 0. The quantitative estimate of drug-likeness (QED) is 0.839. The molecular formula is C19H32N4O2. The highest BCUT2D eigenvalue weighted by molar-refractivity contribution is 5.79. The van der Waals surface area contributed by atoms with Crippen molar-refractivity contribution in [3.8, 4) is 0 Å². The molecule has 2 aliphatic rings. The summed E-state index contributed by atoms with van der Waals surface area (Å²) < 4.78 is 7.76. The first-order valence-electron chi connectivity index (χ1n) is 9.67. The van der Waals surface area contributed by atoms with Crippen LogP contribution in [0, 0.1) is 11.8 Å². The van der Waals surface area contributed by atoms with Crippen LogP contribution < -0.4 is 0 Å². The summed E-state index contributed by atoms with van der Waals surface area (Å²) in [5.74, 6) is 1.02. The van der Waals surface area contributed by atoms with Gasteiger partial charge in [-0.3, -0.25) is 4.79 Å². The first-order valence-corrected chi connectivity index (χ1v) is 9.67. The summed E-state index contributed by atoms with van der Waals surface area (Å²) in [5.41, 5.74) is 0.891. The second kappa shape index (κ2) is 7.44. The van der Waals surface area contributed by atoms with Gasteiger partial charge in [0.15, 0.2) is 0 Å². The molecule has 0 N–H and O–H groups in total. The summed E-state index contributed by atoms with van der Waals surface area (Å²) in [6, 6.07) is 0.364. The topological polar surface area (TPSA) is 60.2 Å². The van der Waals surface area contributed by atoms with Crippen molar-refractivity contribution < 1.29 is 9.53 Å². The summed E-state index contributed by atoms with van der Waals surface area (Å²) in [6.45, 7) is 10.9. The molecule has 3 rings (SSSR count). The van der Waals surface area contributed by atoms with Gasteiger partial charge < -0.3 is 9.64 Å². The van der Waals surface area contributed by atoms with Gasteiger partial charge in [-0.15, -0.1) is 5.10 Å². The number of hydrogen-bond acceptors (Lipinski definition) is 4. The van der Waals surface area contributed by atoms with Crippen LogP contribution in [-0.2, 0) is 16.0 Å². The van der Waals surface area contributed by atoms with Crippen LogP contribution in [0.15, 0.2) is 6.20 Å². The van der Waals surface area contributed by atoms with Gasteiger partial charge in [0.25, 0.3) is 0 Å². The molecule has 1 aromatic rings. The number of aromatic nitrogens is 3. The Kier molecular flexibility index (Phi) is 5.46. The van der Waals surface area contributed by atoms with Crippen molar-refractivity contribution in [1.82, 2.24) is 19.9 Å². The maximum atomic E-state index is 12.8. The van der Waals surface area contributed by atoms with Crippen molar-refractivity contribution in [2.45, 2.75) is 71.4 Å². The van der Waals surface area contributed by atoms with E-state index in [1.807, 2.05) is 4.68 Å². The Morgan fingerprint density at radius 3 is 2.68 bits per heavy atom. The number of hydrogen-bond donors (Lipinski definition) is 0. The number of carbonyl (C=O) groups is 1. The van der Waals surface area contributed by atoms with Crippen molar-refractivity contribution in [2.24, 2.45) is 11.8 Å². The van der Waals surface area contributed by atoms with Gasteiger partial charge in [-0.25, -0.2) is 4.68 Å². The molecule has 0 bridgehead atoms. The fourth-order valence-electron chi connectivity index (χ4n) is 4.06. The predicted octanol–water partition coefficient (Wildman–Crippen LogP) is 2.85. The van der Waals surface area contributed by atoms with Crippen molar-refractivity contribution in [3.05, 3.63) is 11.9 Å². The molecule has 1 amide bonds. The lowest BCUT2D eigenvalue weighted by Gasteiger charge is -2.39. The smallest absolute Gasteiger partial charge is 0.225 e. The molecule has 140 valence electrons. The Morgan fingerprint density at radius 1 is 1.32 bits per heavy atom. The molecule has 0 spiro atoms. The summed E-state index contributed by atoms with van der Waals surface area (Å²) in [5, 5.41) is 8.61. The molecule has 2 saturated heterocycles. The molecule has 1 atom stereocenters. The SMILES string of the molecule is CC(C)Cc1cn(C2CCN(C(=O)[C@@H]3CCOC(C)(C)C3)CC2)nn1. The third-order valence-electron chi connectivity index (χ3n) is 5.37. The molecule has 6 heteroatoms. The molecule has 0 saturated carbocycles. The van der Waals surface area contributed by atoms with Gasteiger partial charge in [0, 0.05) is 31.8 Å². The van der Waals surface area contributed by atoms with E-state index in [1.54, 1.807) is 0 Å². The number of piperidine rings is 1. The van der Waals surface area contributed by atoms with E-state index >= 15 is 0 Å². The summed E-state index contributed by atoms with van der Waals surface area (Å²) in [6.07, 6.45) is 6.66. The highest BCUT2D eigenvalue weighted by atomic mass is 16.5. The van der Waals surface area contributed by atoms with Gasteiger partial charge in [-0.2, -0.15) is 0 Å². The average molecular weight is 348 g/mol. The Bertz CT molecular complexity index is 588. The fourth-order valence-corrected chi connectivity index (χ4v) is 4.06.